The lowest BCUT2D eigenvalue weighted by Gasteiger charge is -2.10. The number of pyridine rings is 1. The van der Waals surface area contributed by atoms with Crippen LogP contribution in [0.2, 0.25) is 0 Å². The Bertz CT molecular complexity index is 1080. The van der Waals surface area contributed by atoms with Crippen molar-refractivity contribution in [1.29, 1.82) is 0 Å². The number of para-hydroxylation sites is 1. The third-order valence-electron chi connectivity index (χ3n) is 4.40. The maximum Gasteiger partial charge on any atom is 0.227 e. The Morgan fingerprint density at radius 2 is 1.86 bits per heavy atom. The summed E-state index contributed by atoms with van der Waals surface area (Å²) in [4.78, 5) is 8.93. The van der Waals surface area contributed by atoms with Crippen molar-refractivity contribution in [3.8, 4) is 11.4 Å². The highest BCUT2D eigenvalue weighted by Crippen LogP contribution is 2.21. The Kier molecular flexibility index (Phi) is 5.25. The average molecular weight is 378 g/mol. The molecule has 2 aromatic carbocycles. The molecule has 0 aliphatic rings. The number of aliphatic hydroxyl groups is 1. The second-order valence-electron chi connectivity index (χ2n) is 6.40. The predicted octanol–water partition coefficient (Wildman–Crippen LogP) is 3.96. The summed E-state index contributed by atoms with van der Waals surface area (Å²) in [5, 5.41) is 17.8. The molecule has 0 aliphatic heterocycles. The number of benzene rings is 2. The molecule has 2 N–H and O–H groups in total. The molecule has 0 saturated carbocycles. The zero-order valence-corrected chi connectivity index (χ0v) is 15.1. The first-order valence-electron chi connectivity index (χ1n) is 9.05. The van der Waals surface area contributed by atoms with Crippen LogP contribution in [-0.2, 0) is 13.0 Å². The zero-order chi connectivity index (χ0) is 19.3. The second-order valence-corrected chi connectivity index (χ2v) is 6.40. The summed E-state index contributed by atoms with van der Waals surface area (Å²) >= 11 is 0. The van der Waals surface area contributed by atoms with Gasteiger partial charge < -0.3 is 14.9 Å². The van der Waals surface area contributed by atoms with E-state index >= 15 is 0 Å². The minimum absolute atomic E-state index is 0.0785. The van der Waals surface area contributed by atoms with Gasteiger partial charge in [-0.1, -0.05) is 23.4 Å². The molecule has 0 unspecified atom stereocenters. The Morgan fingerprint density at radius 1 is 1.04 bits per heavy atom. The van der Waals surface area contributed by atoms with E-state index < -0.39 is 0 Å². The first kappa shape index (κ1) is 18.1. The minimum atomic E-state index is -0.303. The van der Waals surface area contributed by atoms with Gasteiger partial charge >= 0.3 is 0 Å². The van der Waals surface area contributed by atoms with Crippen LogP contribution in [0.25, 0.3) is 22.3 Å². The van der Waals surface area contributed by atoms with Crippen LogP contribution in [-0.4, -0.2) is 26.8 Å². The van der Waals surface area contributed by atoms with Gasteiger partial charge in [0.15, 0.2) is 0 Å². The smallest absolute Gasteiger partial charge is 0.227 e. The molecule has 28 heavy (non-hydrogen) atoms. The number of fused-ring (bicyclic) bond motifs is 1. The topological polar surface area (TPSA) is 84.1 Å². The van der Waals surface area contributed by atoms with Crippen LogP contribution in [0.1, 0.15) is 17.9 Å². The number of nitrogens with zero attached hydrogens (tertiary/aromatic N) is 3. The van der Waals surface area contributed by atoms with Gasteiger partial charge in [-0.2, -0.15) is 4.98 Å². The highest BCUT2D eigenvalue weighted by Gasteiger charge is 2.09. The molecular formula is C21H19FN4O2. The number of hydrogen-bond donors (Lipinski definition) is 2. The van der Waals surface area contributed by atoms with Gasteiger partial charge in [-0.25, -0.2) is 9.37 Å². The fourth-order valence-corrected chi connectivity index (χ4v) is 2.95. The summed E-state index contributed by atoms with van der Waals surface area (Å²) in [6.45, 7) is 0.567. The van der Waals surface area contributed by atoms with E-state index in [9.17, 15) is 9.50 Å². The molecular weight excluding hydrogens is 359 g/mol. The van der Waals surface area contributed by atoms with Crippen LogP contribution in [0.5, 0.6) is 0 Å². The molecule has 4 rings (SSSR count). The van der Waals surface area contributed by atoms with Crippen LogP contribution in [0, 0.1) is 5.82 Å². The molecule has 0 amide bonds. The summed E-state index contributed by atoms with van der Waals surface area (Å²) in [5.74, 6) is 1.35. The highest BCUT2D eigenvalue weighted by molar-refractivity contribution is 5.81. The number of rotatable bonds is 7. The van der Waals surface area contributed by atoms with Gasteiger partial charge in [0.2, 0.25) is 11.7 Å². The lowest BCUT2D eigenvalue weighted by molar-refractivity contribution is 0.282. The molecule has 142 valence electrons. The van der Waals surface area contributed by atoms with Crippen molar-refractivity contribution in [3.63, 3.8) is 0 Å². The van der Waals surface area contributed by atoms with Crippen molar-refractivity contribution in [2.45, 2.75) is 19.4 Å². The first-order chi connectivity index (χ1) is 13.7. The summed E-state index contributed by atoms with van der Waals surface area (Å²) in [6, 6.07) is 15.7. The Hall–Kier alpha value is -3.32. The normalized spacial score (nSPS) is 11.1. The molecule has 7 heteroatoms. The molecule has 0 radical (unpaired) electrons. The Labute approximate surface area is 161 Å². The SMILES string of the molecule is OCc1cc2ccccc2nc1NCCCc1nc(-c2ccc(F)cc2)no1. The highest BCUT2D eigenvalue weighted by atomic mass is 19.1. The second kappa shape index (κ2) is 8.14. The molecule has 0 atom stereocenters. The first-order valence-corrected chi connectivity index (χ1v) is 9.05. The molecule has 6 nitrogen and oxygen atoms in total. The summed E-state index contributed by atoms with van der Waals surface area (Å²) < 4.78 is 18.3. The minimum Gasteiger partial charge on any atom is -0.392 e. The molecule has 2 heterocycles. The van der Waals surface area contributed by atoms with E-state index in [0.717, 1.165) is 22.9 Å². The molecule has 0 fully saturated rings. The quantitative estimate of drug-likeness (QED) is 0.474. The number of hydrogen-bond acceptors (Lipinski definition) is 6. The van der Waals surface area contributed by atoms with Crippen LogP contribution < -0.4 is 5.32 Å². The molecule has 4 aromatic rings. The summed E-state index contributed by atoms with van der Waals surface area (Å²) in [7, 11) is 0. The largest absolute Gasteiger partial charge is 0.392 e. The van der Waals surface area contributed by atoms with Gasteiger partial charge in [0.05, 0.1) is 12.1 Å². The lowest BCUT2D eigenvalue weighted by Crippen LogP contribution is -2.07. The van der Waals surface area contributed by atoms with Crippen molar-refractivity contribution < 1.29 is 14.0 Å². The fraction of sp³-hybridized carbons (Fsp3) is 0.190. The van der Waals surface area contributed by atoms with Gasteiger partial charge in [-0.05, 0) is 42.8 Å². The van der Waals surface area contributed by atoms with Gasteiger partial charge in [0.25, 0.3) is 0 Å². The van der Waals surface area contributed by atoms with Crippen LogP contribution >= 0.6 is 0 Å². The van der Waals surface area contributed by atoms with E-state index in [0.29, 0.717) is 36.1 Å². The monoisotopic (exact) mass is 378 g/mol. The van der Waals surface area contributed by atoms with Crippen LogP contribution in [0.4, 0.5) is 10.2 Å². The number of anilines is 1. The third-order valence-corrected chi connectivity index (χ3v) is 4.40. The molecule has 0 saturated heterocycles. The zero-order valence-electron chi connectivity index (χ0n) is 15.1. The maximum atomic E-state index is 13.0. The number of nitrogens with one attached hydrogen (secondary N) is 1. The summed E-state index contributed by atoms with van der Waals surface area (Å²) in [6.07, 6.45) is 1.35. The molecule has 2 aromatic heterocycles. The van der Waals surface area contributed by atoms with Crippen LogP contribution in [0.15, 0.2) is 59.1 Å². The van der Waals surface area contributed by atoms with Crippen molar-refractivity contribution >= 4 is 16.7 Å². The predicted molar refractivity (Wildman–Crippen MR) is 104 cm³/mol. The number of halogens is 1. The van der Waals surface area contributed by atoms with Crippen molar-refractivity contribution in [2.75, 3.05) is 11.9 Å². The van der Waals surface area contributed by atoms with Crippen LogP contribution in [0.3, 0.4) is 0 Å². The van der Waals surface area contributed by atoms with Gasteiger partial charge in [0.1, 0.15) is 11.6 Å². The van der Waals surface area contributed by atoms with E-state index in [4.69, 9.17) is 4.52 Å². The number of aryl methyl sites for hydroxylation is 1. The fourth-order valence-electron chi connectivity index (χ4n) is 2.95. The van der Waals surface area contributed by atoms with Gasteiger partial charge in [-0.3, -0.25) is 0 Å². The van der Waals surface area contributed by atoms with Gasteiger partial charge in [0, 0.05) is 29.5 Å². The van der Waals surface area contributed by atoms with E-state index in [-0.39, 0.29) is 12.4 Å². The van der Waals surface area contributed by atoms with Crippen molar-refractivity contribution in [2.24, 2.45) is 0 Å². The van der Waals surface area contributed by atoms with E-state index in [2.05, 4.69) is 20.4 Å². The third kappa shape index (κ3) is 3.99. The Balaban J connectivity index is 1.36. The molecule has 0 bridgehead atoms. The van der Waals surface area contributed by atoms with Crippen molar-refractivity contribution in [3.05, 3.63) is 71.9 Å². The molecule has 0 spiro atoms. The van der Waals surface area contributed by atoms with E-state index in [1.54, 1.807) is 12.1 Å². The lowest BCUT2D eigenvalue weighted by atomic mass is 10.1. The average Bonchev–Trinajstić information content (AvgIpc) is 3.20. The number of aliphatic hydroxyl groups excluding tert-OH is 1. The standard InChI is InChI=1S/C21H19FN4O2/c22-17-9-7-14(8-10-17)21-25-19(28-26-21)6-3-11-23-20-16(13-27)12-15-4-1-2-5-18(15)24-20/h1-2,4-5,7-10,12,27H,3,6,11,13H2,(H,23,24). The van der Waals surface area contributed by atoms with E-state index in [1.807, 2.05) is 30.3 Å². The molecule has 0 aliphatic carbocycles. The Morgan fingerprint density at radius 3 is 2.68 bits per heavy atom. The maximum absolute atomic E-state index is 13.0. The van der Waals surface area contributed by atoms with Gasteiger partial charge in [-0.15, -0.1) is 0 Å². The van der Waals surface area contributed by atoms with Crippen molar-refractivity contribution in [1.82, 2.24) is 15.1 Å². The number of aromatic nitrogens is 3. The summed E-state index contributed by atoms with van der Waals surface area (Å²) in [5.41, 5.74) is 2.35. The van der Waals surface area contributed by atoms with E-state index in [1.165, 1.54) is 12.1 Å².